The zero-order chi connectivity index (χ0) is 25.1. The van der Waals surface area contributed by atoms with Crippen molar-refractivity contribution in [3.05, 3.63) is 63.0 Å². The monoisotopic (exact) mass is 554 g/mol. The number of hydrogen-bond acceptors (Lipinski definition) is 7. The Labute approximate surface area is 206 Å². The van der Waals surface area contributed by atoms with E-state index in [-0.39, 0.29) is 10.6 Å². The van der Waals surface area contributed by atoms with E-state index < -0.39 is 22.0 Å². The Balaban J connectivity index is 0.000000406. The van der Waals surface area contributed by atoms with E-state index in [9.17, 15) is 21.6 Å². The SMILES string of the molecule is O=C(O)C(F)(F)F.O=S(=O)(Cc1nccs1)c1ccc2c(c1)OCCN2c1cccc(Cl)c1Cl. The number of anilines is 2. The quantitative estimate of drug-likeness (QED) is 0.449. The van der Waals surface area contributed by atoms with E-state index in [1.165, 1.54) is 11.3 Å². The summed E-state index contributed by atoms with van der Waals surface area (Å²) in [5.41, 5.74) is 1.51. The Morgan fingerprint density at radius 2 is 1.91 bits per heavy atom. The molecule has 0 fully saturated rings. The van der Waals surface area contributed by atoms with Crippen LogP contribution in [0.25, 0.3) is 0 Å². The van der Waals surface area contributed by atoms with Crippen molar-refractivity contribution in [3.8, 4) is 5.75 Å². The predicted molar refractivity (Wildman–Crippen MR) is 122 cm³/mol. The maximum atomic E-state index is 12.7. The van der Waals surface area contributed by atoms with Gasteiger partial charge in [0.05, 0.1) is 32.9 Å². The Hall–Kier alpha value is -2.54. The molecule has 2 heterocycles. The van der Waals surface area contributed by atoms with Gasteiger partial charge in [0.25, 0.3) is 0 Å². The molecule has 1 aliphatic heterocycles. The molecule has 4 rings (SSSR count). The fourth-order valence-corrected chi connectivity index (χ4v) is 5.58. The average Bonchev–Trinajstić information content (AvgIpc) is 3.27. The van der Waals surface area contributed by atoms with Gasteiger partial charge >= 0.3 is 12.1 Å². The van der Waals surface area contributed by atoms with Gasteiger partial charge in [-0.25, -0.2) is 18.2 Å². The van der Waals surface area contributed by atoms with Gasteiger partial charge < -0.3 is 14.7 Å². The molecule has 0 saturated heterocycles. The summed E-state index contributed by atoms with van der Waals surface area (Å²) in [5.74, 6) is -2.39. The number of benzene rings is 2. The third-order valence-electron chi connectivity index (χ3n) is 4.42. The fraction of sp³-hybridized carbons (Fsp3) is 0.200. The number of halogens is 5. The van der Waals surface area contributed by atoms with E-state index in [0.29, 0.717) is 34.0 Å². The average molecular weight is 555 g/mol. The van der Waals surface area contributed by atoms with Crippen LogP contribution in [0.15, 0.2) is 52.9 Å². The molecule has 0 saturated carbocycles. The highest BCUT2D eigenvalue weighted by Gasteiger charge is 2.38. The van der Waals surface area contributed by atoms with Crippen molar-refractivity contribution in [2.75, 3.05) is 18.1 Å². The molecular weight excluding hydrogens is 540 g/mol. The van der Waals surface area contributed by atoms with E-state index in [1.807, 2.05) is 17.0 Å². The van der Waals surface area contributed by atoms with E-state index in [1.54, 1.807) is 35.8 Å². The van der Waals surface area contributed by atoms with Gasteiger partial charge in [0, 0.05) is 17.6 Å². The summed E-state index contributed by atoms with van der Waals surface area (Å²) in [6, 6.07) is 10.3. The van der Waals surface area contributed by atoms with Crippen LogP contribution >= 0.6 is 34.5 Å². The van der Waals surface area contributed by atoms with Gasteiger partial charge in [0.15, 0.2) is 9.84 Å². The van der Waals surface area contributed by atoms with Crippen molar-refractivity contribution in [2.24, 2.45) is 0 Å². The largest absolute Gasteiger partial charge is 0.490 e. The number of sulfone groups is 1. The maximum absolute atomic E-state index is 12.7. The Morgan fingerprint density at radius 3 is 2.53 bits per heavy atom. The number of nitrogens with zero attached hydrogens (tertiary/aromatic N) is 2. The Bertz CT molecular complexity index is 1290. The first-order valence-electron chi connectivity index (χ1n) is 9.30. The first-order chi connectivity index (χ1) is 15.9. The number of aromatic nitrogens is 1. The highest BCUT2D eigenvalue weighted by atomic mass is 35.5. The van der Waals surface area contributed by atoms with E-state index >= 15 is 0 Å². The molecule has 182 valence electrons. The molecule has 3 aromatic rings. The molecule has 0 spiro atoms. The van der Waals surface area contributed by atoms with Crippen LogP contribution in [0.3, 0.4) is 0 Å². The van der Waals surface area contributed by atoms with E-state index in [2.05, 4.69) is 4.98 Å². The van der Waals surface area contributed by atoms with Crippen molar-refractivity contribution < 1.29 is 36.2 Å². The fourth-order valence-electron chi connectivity index (χ4n) is 2.92. The molecule has 7 nitrogen and oxygen atoms in total. The zero-order valence-electron chi connectivity index (χ0n) is 16.9. The molecule has 14 heteroatoms. The third kappa shape index (κ3) is 6.12. The van der Waals surface area contributed by atoms with Gasteiger partial charge in [-0.2, -0.15) is 13.2 Å². The summed E-state index contributed by atoms with van der Waals surface area (Å²) in [4.78, 5) is 15.1. The molecule has 1 N–H and O–H groups in total. The van der Waals surface area contributed by atoms with E-state index in [4.69, 9.17) is 37.8 Å². The number of carbonyl (C=O) groups is 1. The van der Waals surface area contributed by atoms with Crippen LogP contribution in [0, 0.1) is 0 Å². The molecule has 34 heavy (non-hydrogen) atoms. The molecular formula is C20H15Cl2F3N2O5S2. The normalized spacial score (nSPS) is 13.4. The highest BCUT2D eigenvalue weighted by molar-refractivity contribution is 7.90. The van der Waals surface area contributed by atoms with Crippen LogP contribution in [0.2, 0.25) is 10.0 Å². The van der Waals surface area contributed by atoms with Gasteiger partial charge in [-0.1, -0.05) is 29.3 Å². The number of rotatable bonds is 4. The van der Waals surface area contributed by atoms with Crippen molar-refractivity contribution >= 4 is 61.7 Å². The molecule has 0 bridgehead atoms. The highest BCUT2D eigenvalue weighted by Crippen LogP contribution is 2.42. The molecule has 0 unspecified atom stereocenters. The number of fused-ring (bicyclic) bond motifs is 1. The van der Waals surface area contributed by atoms with Crippen molar-refractivity contribution in [1.29, 1.82) is 0 Å². The summed E-state index contributed by atoms with van der Waals surface area (Å²) in [7, 11) is -3.51. The minimum absolute atomic E-state index is 0.132. The van der Waals surface area contributed by atoms with Crippen molar-refractivity contribution in [1.82, 2.24) is 4.98 Å². The van der Waals surface area contributed by atoms with Gasteiger partial charge in [-0.3, -0.25) is 0 Å². The number of carboxylic acid groups (broad SMARTS) is 1. The number of carboxylic acids is 1. The van der Waals surface area contributed by atoms with Crippen LogP contribution in [-0.2, 0) is 20.4 Å². The predicted octanol–water partition coefficient (Wildman–Crippen LogP) is 5.59. The maximum Gasteiger partial charge on any atom is 0.490 e. The number of thiazole rings is 1. The zero-order valence-corrected chi connectivity index (χ0v) is 20.1. The smallest absolute Gasteiger partial charge is 0.489 e. The lowest BCUT2D eigenvalue weighted by atomic mass is 10.2. The van der Waals surface area contributed by atoms with Crippen LogP contribution in [0.1, 0.15) is 5.01 Å². The van der Waals surface area contributed by atoms with Crippen LogP contribution in [-0.4, -0.2) is 43.8 Å². The number of aliphatic carboxylic acids is 1. The summed E-state index contributed by atoms with van der Waals surface area (Å²) in [5, 5.41) is 10.4. The Kier molecular flexibility index (Phi) is 7.96. The summed E-state index contributed by atoms with van der Waals surface area (Å²) >= 11 is 13.8. The molecule has 0 amide bonds. The van der Waals surface area contributed by atoms with Gasteiger partial charge in [0.1, 0.15) is 23.1 Å². The Morgan fingerprint density at radius 1 is 1.21 bits per heavy atom. The first-order valence-corrected chi connectivity index (χ1v) is 12.6. The molecule has 0 aliphatic carbocycles. The van der Waals surface area contributed by atoms with Gasteiger partial charge in [-0.05, 0) is 24.3 Å². The number of hydrogen-bond donors (Lipinski definition) is 1. The van der Waals surface area contributed by atoms with Crippen LogP contribution in [0.4, 0.5) is 24.5 Å². The molecule has 0 atom stereocenters. The lowest BCUT2D eigenvalue weighted by Crippen LogP contribution is -2.29. The number of ether oxygens (including phenoxy) is 1. The minimum atomic E-state index is -5.08. The molecule has 0 radical (unpaired) electrons. The van der Waals surface area contributed by atoms with Crippen molar-refractivity contribution in [2.45, 2.75) is 16.8 Å². The summed E-state index contributed by atoms with van der Waals surface area (Å²) in [6.07, 6.45) is -3.49. The standard InChI is InChI=1S/C18H14Cl2N2O3S2.C2HF3O2/c19-13-2-1-3-15(18(13)20)22-7-8-25-16-10-12(4-5-14(16)22)27(23,24)11-17-21-6-9-26-17;3-2(4,5)1(6)7/h1-6,9-10H,7-8,11H2;(H,6,7). The lowest BCUT2D eigenvalue weighted by molar-refractivity contribution is -0.192. The second-order valence-corrected chi connectivity index (χ2v) is 10.4. The second-order valence-electron chi connectivity index (χ2n) is 6.69. The second kappa shape index (κ2) is 10.4. The van der Waals surface area contributed by atoms with Crippen molar-refractivity contribution in [3.63, 3.8) is 0 Å². The van der Waals surface area contributed by atoms with Gasteiger partial charge in [-0.15, -0.1) is 11.3 Å². The molecule has 1 aliphatic rings. The molecule has 2 aromatic carbocycles. The number of alkyl halides is 3. The topological polar surface area (TPSA) is 96.8 Å². The summed E-state index contributed by atoms with van der Waals surface area (Å²) in [6.45, 7) is 0.990. The lowest BCUT2D eigenvalue weighted by Gasteiger charge is -2.32. The minimum Gasteiger partial charge on any atom is -0.489 e. The summed E-state index contributed by atoms with van der Waals surface area (Å²) < 4.78 is 62.8. The van der Waals surface area contributed by atoms with E-state index in [0.717, 1.165) is 11.4 Å². The third-order valence-corrected chi connectivity index (χ3v) is 7.81. The van der Waals surface area contributed by atoms with Crippen LogP contribution in [0.5, 0.6) is 5.75 Å². The van der Waals surface area contributed by atoms with Gasteiger partial charge in [0.2, 0.25) is 0 Å². The van der Waals surface area contributed by atoms with Crippen LogP contribution < -0.4 is 9.64 Å². The first kappa shape index (κ1) is 26.1. The molecule has 1 aromatic heterocycles.